The van der Waals surface area contributed by atoms with E-state index in [1.165, 1.54) is 0 Å². The molecule has 2 N–H and O–H groups in total. The second-order valence-corrected chi connectivity index (χ2v) is 4.80. The van der Waals surface area contributed by atoms with E-state index in [4.69, 9.17) is 5.73 Å². The van der Waals surface area contributed by atoms with E-state index >= 15 is 0 Å². The molecule has 2 aromatic rings. The number of rotatable bonds is 2. The third-order valence-electron chi connectivity index (χ3n) is 1.78. The quantitative estimate of drug-likeness (QED) is 0.371. The summed E-state index contributed by atoms with van der Waals surface area (Å²) in [6.45, 7) is 0. The zero-order chi connectivity index (χ0) is 9.80. The molecule has 4 heteroatoms. The van der Waals surface area contributed by atoms with Crippen LogP contribution in [-0.4, -0.2) is 20.3 Å². The van der Waals surface area contributed by atoms with Crippen LogP contribution in [-0.2, 0) is 0 Å². The molecule has 0 aliphatic carbocycles. The number of amidine groups is 1. The molecule has 0 saturated heterocycles. The Morgan fingerprint density at radius 2 is 1.80 bits per heavy atom. The van der Waals surface area contributed by atoms with Crippen molar-refractivity contribution in [2.45, 2.75) is 0 Å². The molecular formula is C11H11IN2Se. The van der Waals surface area contributed by atoms with Crippen molar-refractivity contribution in [2.75, 3.05) is 0 Å². The predicted molar refractivity (Wildman–Crippen MR) is 75.6 cm³/mol. The zero-order valence-electron chi connectivity index (χ0n) is 7.96. The second kappa shape index (κ2) is 6.10. The summed E-state index contributed by atoms with van der Waals surface area (Å²) in [4.78, 5) is 6.48. The van der Waals surface area contributed by atoms with Crippen LogP contribution in [0.4, 0.5) is 5.69 Å². The van der Waals surface area contributed by atoms with Gasteiger partial charge in [-0.05, 0) is 0 Å². The number of hydrogen-bond acceptors (Lipinski definition) is 1. The Labute approximate surface area is 112 Å². The fraction of sp³-hybridized carbons (Fsp3) is 0. The zero-order valence-corrected chi connectivity index (χ0v) is 12.0. The van der Waals surface area contributed by atoms with Gasteiger partial charge < -0.3 is 0 Å². The van der Waals surface area contributed by atoms with E-state index < -0.39 is 0 Å². The monoisotopic (exact) mass is 378 g/mol. The molecular weight excluding hydrogens is 366 g/mol. The summed E-state index contributed by atoms with van der Waals surface area (Å²) in [5, 5.41) is 0. The van der Waals surface area contributed by atoms with Crippen molar-refractivity contribution in [3.05, 3.63) is 51.8 Å². The van der Waals surface area contributed by atoms with Crippen molar-refractivity contribution in [1.82, 2.24) is 0 Å². The first-order valence-electron chi connectivity index (χ1n) is 4.29. The summed E-state index contributed by atoms with van der Waals surface area (Å²) in [6.07, 6.45) is 0. The molecule has 78 valence electrons. The molecule has 0 aliphatic rings. The van der Waals surface area contributed by atoms with Crippen LogP contribution in [0.25, 0.3) is 0 Å². The molecule has 0 unspecified atom stereocenters. The number of halogens is 1. The molecule has 1 aromatic heterocycles. The van der Waals surface area contributed by atoms with Gasteiger partial charge in [0, 0.05) is 0 Å². The Hall–Kier alpha value is -0.581. The first-order valence-corrected chi connectivity index (χ1v) is 6.14. The number of para-hydroxylation sites is 1. The number of nitrogens with zero attached hydrogens (tertiary/aromatic N) is 1. The van der Waals surface area contributed by atoms with E-state index in [1.54, 1.807) is 0 Å². The summed E-state index contributed by atoms with van der Waals surface area (Å²) in [5.74, 6) is 0.640. The Morgan fingerprint density at radius 3 is 2.40 bits per heavy atom. The second-order valence-electron chi connectivity index (χ2n) is 2.81. The van der Waals surface area contributed by atoms with Crippen molar-refractivity contribution >= 4 is 50.0 Å². The van der Waals surface area contributed by atoms with Crippen molar-refractivity contribution in [3.8, 4) is 0 Å². The Morgan fingerprint density at radius 1 is 1.07 bits per heavy atom. The van der Waals surface area contributed by atoms with Gasteiger partial charge in [0.15, 0.2) is 0 Å². The first kappa shape index (κ1) is 12.5. The molecule has 15 heavy (non-hydrogen) atoms. The van der Waals surface area contributed by atoms with Gasteiger partial charge in [0.1, 0.15) is 0 Å². The van der Waals surface area contributed by atoms with Crippen LogP contribution in [0.3, 0.4) is 0 Å². The van der Waals surface area contributed by atoms with E-state index in [1.807, 2.05) is 42.5 Å². The molecule has 2 nitrogen and oxygen atoms in total. The van der Waals surface area contributed by atoms with E-state index in [2.05, 4.69) is 9.93 Å². The Bertz CT molecular complexity index is 423. The normalized spacial score (nSPS) is 10.8. The fourth-order valence-corrected chi connectivity index (χ4v) is 2.44. The average molecular weight is 377 g/mol. The number of benzene rings is 1. The minimum atomic E-state index is 0. The van der Waals surface area contributed by atoms with Gasteiger partial charge in [0.2, 0.25) is 0 Å². The van der Waals surface area contributed by atoms with Crippen LogP contribution < -0.4 is 5.73 Å². The third kappa shape index (κ3) is 3.48. The van der Waals surface area contributed by atoms with Crippen LogP contribution in [0.15, 0.2) is 52.4 Å². The van der Waals surface area contributed by atoms with Crippen LogP contribution >= 0.6 is 24.0 Å². The summed E-state index contributed by atoms with van der Waals surface area (Å²) < 4.78 is 1.15. The molecule has 0 saturated carbocycles. The summed E-state index contributed by atoms with van der Waals surface area (Å²) in [6, 6.07) is 13.8. The maximum atomic E-state index is 5.87. The van der Waals surface area contributed by atoms with Crippen molar-refractivity contribution in [2.24, 2.45) is 10.7 Å². The molecule has 1 aromatic carbocycles. The fourth-order valence-electron chi connectivity index (χ4n) is 1.12. The van der Waals surface area contributed by atoms with Crippen molar-refractivity contribution in [3.63, 3.8) is 0 Å². The van der Waals surface area contributed by atoms with Gasteiger partial charge in [-0.15, -0.1) is 24.0 Å². The molecule has 0 atom stereocenters. The van der Waals surface area contributed by atoms with E-state index in [-0.39, 0.29) is 24.0 Å². The van der Waals surface area contributed by atoms with E-state index in [0.717, 1.165) is 10.1 Å². The summed E-state index contributed by atoms with van der Waals surface area (Å²) in [5.41, 5.74) is 6.78. The van der Waals surface area contributed by atoms with Crippen molar-refractivity contribution < 1.29 is 0 Å². The van der Waals surface area contributed by atoms with Gasteiger partial charge in [0.25, 0.3) is 0 Å². The number of hydrogen-bond donors (Lipinski definition) is 1. The van der Waals surface area contributed by atoms with Crippen LogP contribution in [0, 0.1) is 0 Å². The Kier molecular flexibility index (Phi) is 5.08. The minimum absolute atomic E-state index is 0. The SMILES string of the molecule is I.NC(=Nc1ccccc1)c1ccc[se]1. The van der Waals surface area contributed by atoms with Gasteiger partial charge in [-0.3, -0.25) is 0 Å². The van der Waals surface area contributed by atoms with Gasteiger partial charge in [-0.1, -0.05) is 0 Å². The van der Waals surface area contributed by atoms with Gasteiger partial charge in [-0.2, -0.15) is 0 Å². The van der Waals surface area contributed by atoms with E-state index in [0.29, 0.717) is 20.3 Å². The molecule has 0 aliphatic heterocycles. The Balaban J connectivity index is 0.00000112. The average Bonchev–Trinajstić information content (AvgIpc) is 2.72. The molecule has 0 fully saturated rings. The van der Waals surface area contributed by atoms with Gasteiger partial charge in [-0.25, -0.2) is 0 Å². The predicted octanol–water partition coefficient (Wildman–Crippen LogP) is 2.40. The molecule has 0 spiro atoms. The van der Waals surface area contributed by atoms with Crippen LogP contribution in [0.2, 0.25) is 0 Å². The standard InChI is InChI=1S/C11H10N2Se.HI/c12-11(10-7-4-8-14-10)13-9-5-2-1-3-6-9;/h1-8H,(H2,12,13);1H. The number of nitrogens with two attached hydrogens (primary N) is 1. The summed E-state index contributed by atoms with van der Waals surface area (Å²) >= 11 is 0.363. The maximum absolute atomic E-state index is 5.87. The van der Waals surface area contributed by atoms with E-state index in [9.17, 15) is 0 Å². The van der Waals surface area contributed by atoms with Gasteiger partial charge in [0.05, 0.1) is 0 Å². The topological polar surface area (TPSA) is 38.4 Å². The van der Waals surface area contributed by atoms with Gasteiger partial charge >= 0.3 is 88.6 Å². The summed E-state index contributed by atoms with van der Waals surface area (Å²) in [7, 11) is 0. The van der Waals surface area contributed by atoms with Crippen molar-refractivity contribution in [1.29, 1.82) is 0 Å². The first-order chi connectivity index (χ1) is 6.86. The van der Waals surface area contributed by atoms with Crippen LogP contribution in [0.1, 0.15) is 4.44 Å². The molecule has 0 radical (unpaired) electrons. The molecule has 0 bridgehead atoms. The molecule has 0 amide bonds. The number of aliphatic imine (C=N–C) groups is 1. The molecule has 2 rings (SSSR count). The third-order valence-corrected chi connectivity index (χ3v) is 3.65. The van der Waals surface area contributed by atoms with Crippen LogP contribution in [0.5, 0.6) is 0 Å². The molecule has 1 heterocycles.